The average molecular weight is 198 g/mol. The summed E-state index contributed by atoms with van der Waals surface area (Å²) in [6.07, 6.45) is -2.44. The highest BCUT2D eigenvalue weighted by Crippen LogP contribution is 2.27. The minimum Gasteiger partial charge on any atom is -0.493 e. The smallest absolute Gasteiger partial charge is 0.307 e. The number of methoxy groups -OCH3 is 2. The predicted molar refractivity (Wildman–Crippen MR) is 50.9 cm³/mol. The number of hydrogen-bond donors (Lipinski definition) is 1. The summed E-state index contributed by atoms with van der Waals surface area (Å²) in [5.41, 5.74) is 0.0117. The highest BCUT2D eigenvalue weighted by molar-refractivity contribution is 5.70. The van der Waals surface area contributed by atoms with Crippen molar-refractivity contribution in [3.63, 3.8) is 0 Å². The zero-order valence-electron chi connectivity index (χ0n) is 9.90. The van der Waals surface area contributed by atoms with Crippen LogP contribution in [0.2, 0.25) is 0 Å². The standard InChI is InChI=1S/C10H12O4/c1-13-8-4-3-7(6-10(11)12)5-9(8)14-2/h3-5H,6H2,1-2H3,(H,11,12)/i6D2. The van der Waals surface area contributed by atoms with Gasteiger partial charge in [0.15, 0.2) is 11.5 Å². The lowest BCUT2D eigenvalue weighted by molar-refractivity contribution is -0.136. The van der Waals surface area contributed by atoms with Gasteiger partial charge in [0, 0.05) is 2.74 Å². The zero-order chi connectivity index (χ0) is 12.3. The first-order valence-corrected chi connectivity index (χ1v) is 3.89. The highest BCUT2D eigenvalue weighted by atomic mass is 16.5. The molecule has 76 valence electrons. The van der Waals surface area contributed by atoms with Crippen LogP contribution >= 0.6 is 0 Å². The van der Waals surface area contributed by atoms with Crippen LogP contribution in [0.5, 0.6) is 11.5 Å². The quantitative estimate of drug-likeness (QED) is 0.793. The molecule has 14 heavy (non-hydrogen) atoms. The van der Waals surface area contributed by atoms with Gasteiger partial charge < -0.3 is 14.6 Å². The summed E-state index contributed by atoms with van der Waals surface area (Å²) in [4.78, 5) is 10.7. The van der Waals surface area contributed by atoms with Gasteiger partial charge in [-0.2, -0.15) is 0 Å². The molecule has 1 rings (SSSR count). The van der Waals surface area contributed by atoms with Crippen LogP contribution in [-0.2, 0) is 11.2 Å². The molecule has 0 fully saturated rings. The minimum atomic E-state index is -2.44. The van der Waals surface area contributed by atoms with Crippen molar-refractivity contribution in [3.8, 4) is 11.5 Å². The maximum absolute atomic E-state index is 10.7. The molecule has 0 radical (unpaired) electrons. The number of benzene rings is 1. The Balaban J connectivity index is 3.23. The van der Waals surface area contributed by atoms with E-state index >= 15 is 0 Å². The maximum Gasteiger partial charge on any atom is 0.307 e. The molecule has 0 heterocycles. The molecule has 0 bridgehead atoms. The van der Waals surface area contributed by atoms with Gasteiger partial charge >= 0.3 is 5.97 Å². The van der Waals surface area contributed by atoms with Crippen LogP contribution in [0.25, 0.3) is 0 Å². The van der Waals surface area contributed by atoms with Crippen molar-refractivity contribution in [2.24, 2.45) is 0 Å². The van der Waals surface area contributed by atoms with E-state index in [1.165, 1.54) is 32.4 Å². The van der Waals surface area contributed by atoms with Crippen molar-refractivity contribution >= 4 is 5.97 Å². The van der Waals surface area contributed by atoms with Gasteiger partial charge in [-0.05, 0) is 17.7 Å². The minimum absolute atomic E-state index is 0.0117. The van der Waals surface area contributed by atoms with E-state index < -0.39 is 12.3 Å². The Labute approximate surface area is 84.9 Å². The number of rotatable bonds is 4. The molecule has 1 N–H and O–H groups in total. The lowest BCUT2D eigenvalue weighted by Gasteiger charge is -2.08. The molecule has 0 aliphatic heterocycles. The van der Waals surface area contributed by atoms with Crippen LogP contribution < -0.4 is 9.47 Å². The van der Waals surface area contributed by atoms with Gasteiger partial charge in [0.1, 0.15) is 0 Å². The predicted octanol–water partition coefficient (Wildman–Crippen LogP) is 1.33. The number of hydrogen-bond acceptors (Lipinski definition) is 3. The maximum atomic E-state index is 10.7. The molecular formula is C10H12O4. The molecule has 0 atom stereocenters. The molecule has 0 aromatic heterocycles. The van der Waals surface area contributed by atoms with Crippen molar-refractivity contribution in [1.82, 2.24) is 0 Å². The summed E-state index contributed by atoms with van der Waals surface area (Å²) in [7, 11) is 2.85. The molecule has 0 saturated heterocycles. The van der Waals surface area contributed by atoms with Crippen molar-refractivity contribution < 1.29 is 22.1 Å². The van der Waals surface area contributed by atoms with Gasteiger partial charge in [-0.3, -0.25) is 4.79 Å². The average Bonchev–Trinajstić information content (AvgIpc) is 2.27. The second-order valence-corrected chi connectivity index (χ2v) is 2.50. The van der Waals surface area contributed by atoms with Crippen LogP contribution in [-0.4, -0.2) is 25.3 Å². The first-order valence-electron chi connectivity index (χ1n) is 4.89. The Morgan fingerprint density at radius 1 is 1.43 bits per heavy atom. The zero-order valence-corrected chi connectivity index (χ0v) is 7.90. The molecule has 0 amide bonds. The summed E-state index contributed by atoms with van der Waals surface area (Å²) in [6, 6.07) is 4.14. The highest BCUT2D eigenvalue weighted by Gasteiger charge is 2.06. The van der Waals surface area contributed by atoms with E-state index in [4.69, 9.17) is 17.3 Å². The molecule has 1 aromatic carbocycles. The van der Waals surface area contributed by atoms with Crippen molar-refractivity contribution in [1.29, 1.82) is 0 Å². The van der Waals surface area contributed by atoms with Gasteiger partial charge in [0.25, 0.3) is 0 Å². The van der Waals surface area contributed by atoms with E-state index in [2.05, 4.69) is 0 Å². The fourth-order valence-electron chi connectivity index (χ4n) is 1.04. The molecular weight excluding hydrogens is 184 g/mol. The Morgan fingerprint density at radius 3 is 2.57 bits per heavy atom. The topological polar surface area (TPSA) is 55.8 Å². The fraction of sp³-hybridized carbons (Fsp3) is 0.300. The van der Waals surface area contributed by atoms with Gasteiger partial charge in [-0.25, -0.2) is 0 Å². The molecule has 0 unspecified atom stereocenters. The number of carbonyl (C=O) groups is 1. The molecule has 0 aliphatic carbocycles. The van der Waals surface area contributed by atoms with Crippen LogP contribution in [0, 0.1) is 0 Å². The Kier molecular flexibility index (Phi) is 2.47. The summed E-state index contributed by atoms with van der Waals surface area (Å²) in [5.74, 6) is -0.822. The summed E-state index contributed by atoms with van der Waals surface area (Å²) >= 11 is 0. The third-order valence-corrected chi connectivity index (χ3v) is 1.63. The van der Waals surface area contributed by atoms with E-state index in [1.54, 1.807) is 0 Å². The third-order valence-electron chi connectivity index (χ3n) is 1.63. The van der Waals surface area contributed by atoms with E-state index in [1.807, 2.05) is 0 Å². The van der Waals surface area contributed by atoms with Crippen molar-refractivity contribution in [2.75, 3.05) is 14.2 Å². The van der Waals surface area contributed by atoms with E-state index in [0.29, 0.717) is 11.5 Å². The number of ether oxygens (including phenoxy) is 2. The van der Waals surface area contributed by atoms with Gasteiger partial charge in [-0.1, -0.05) is 6.07 Å². The lowest BCUT2D eigenvalue weighted by atomic mass is 10.1. The lowest BCUT2D eigenvalue weighted by Crippen LogP contribution is -2.00. The molecule has 0 spiro atoms. The summed E-state index contributed by atoms with van der Waals surface area (Å²) in [6.45, 7) is 0. The van der Waals surface area contributed by atoms with E-state index in [-0.39, 0.29) is 5.56 Å². The molecule has 4 heteroatoms. The number of carboxylic acid groups (broad SMARTS) is 1. The second-order valence-electron chi connectivity index (χ2n) is 2.50. The van der Waals surface area contributed by atoms with Crippen LogP contribution in [0.3, 0.4) is 0 Å². The van der Waals surface area contributed by atoms with Gasteiger partial charge in [0.2, 0.25) is 0 Å². The largest absolute Gasteiger partial charge is 0.493 e. The van der Waals surface area contributed by atoms with Crippen LogP contribution in [0.1, 0.15) is 8.30 Å². The summed E-state index contributed by atoms with van der Waals surface area (Å²) < 4.78 is 24.7. The molecule has 4 nitrogen and oxygen atoms in total. The van der Waals surface area contributed by atoms with Crippen LogP contribution in [0.15, 0.2) is 18.2 Å². The normalized spacial score (nSPS) is 12.7. The third kappa shape index (κ3) is 2.39. The van der Waals surface area contributed by atoms with Gasteiger partial charge in [-0.15, -0.1) is 0 Å². The molecule has 1 aromatic rings. The Hall–Kier alpha value is -1.71. The summed E-state index contributed by atoms with van der Waals surface area (Å²) in [5, 5.41) is 8.74. The Morgan fingerprint density at radius 2 is 2.07 bits per heavy atom. The van der Waals surface area contributed by atoms with E-state index in [9.17, 15) is 4.79 Å². The van der Waals surface area contributed by atoms with Crippen LogP contribution in [0.4, 0.5) is 0 Å². The molecule has 0 aliphatic rings. The Bertz CT molecular complexity index is 404. The first-order chi connectivity index (χ1) is 7.43. The van der Waals surface area contributed by atoms with E-state index in [0.717, 1.165) is 0 Å². The number of aliphatic carboxylic acids is 1. The molecule has 0 saturated carbocycles. The SMILES string of the molecule is [2H]C([2H])(C(=O)O)c1ccc(OC)c(OC)c1. The monoisotopic (exact) mass is 198 g/mol. The first kappa shape index (κ1) is 7.67. The van der Waals surface area contributed by atoms with Crippen molar-refractivity contribution in [2.45, 2.75) is 6.37 Å². The second kappa shape index (κ2) is 4.50. The van der Waals surface area contributed by atoms with Gasteiger partial charge in [0.05, 0.1) is 20.6 Å². The van der Waals surface area contributed by atoms with Crippen molar-refractivity contribution in [3.05, 3.63) is 23.8 Å². The number of carboxylic acids is 1. The fourth-order valence-corrected chi connectivity index (χ4v) is 1.04.